The van der Waals surface area contributed by atoms with Crippen molar-refractivity contribution >= 4 is 6.08 Å². The van der Waals surface area contributed by atoms with Crippen molar-refractivity contribution in [1.82, 2.24) is 0 Å². The molecule has 0 heterocycles. The van der Waals surface area contributed by atoms with Crippen LogP contribution in [0.3, 0.4) is 0 Å². The van der Waals surface area contributed by atoms with Crippen LogP contribution in [0.4, 0.5) is 0 Å². The molecule has 0 bridgehead atoms. The zero-order valence-electron chi connectivity index (χ0n) is 10.0. The predicted octanol–water partition coefficient (Wildman–Crippen LogP) is 2.42. The van der Waals surface area contributed by atoms with Crippen LogP contribution in [0.5, 0.6) is 11.5 Å². The SMILES string of the molecule is CCOc1cccc(OC)c1C1(N=C=O)CC1. The Bertz CT molecular complexity index is 460. The molecule has 90 valence electrons. The molecule has 1 saturated carbocycles. The Labute approximate surface area is 100 Å². The first-order valence-corrected chi connectivity index (χ1v) is 5.66. The van der Waals surface area contributed by atoms with Crippen LogP contribution in [-0.4, -0.2) is 19.8 Å². The molecule has 2 rings (SSSR count). The fraction of sp³-hybridized carbons (Fsp3) is 0.462. The van der Waals surface area contributed by atoms with E-state index in [1.165, 1.54) is 0 Å². The van der Waals surface area contributed by atoms with Gasteiger partial charge in [-0.3, -0.25) is 0 Å². The Kier molecular flexibility index (Phi) is 3.16. The van der Waals surface area contributed by atoms with Gasteiger partial charge in [-0.25, -0.2) is 4.79 Å². The molecule has 1 aliphatic rings. The summed E-state index contributed by atoms with van der Waals surface area (Å²) in [5, 5.41) is 0. The van der Waals surface area contributed by atoms with Crippen molar-refractivity contribution < 1.29 is 14.3 Å². The third-order valence-electron chi connectivity index (χ3n) is 2.96. The third-order valence-corrected chi connectivity index (χ3v) is 2.96. The van der Waals surface area contributed by atoms with E-state index in [4.69, 9.17) is 9.47 Å². The van der Waals surface area contributed by atoms with E-state index in [1.54, 1.807) is 13.2 Å². The summed E-state index contributed by atoms with van der Waals surface area (Å²) >= 11 is 0. The van der Waals surface area contributed by atoms with E-state index < -0.39 is 5.54 Å². The Morgan fingerprint density at radius 2 is 2.12 bits per heavy atom. The van der Waals surface area contributed by atoms with Crippen molar-refractivity contribution in [2.45, 2.75) is 25.3 Å². The second-order valence-electron chi connectivity index (χ2n) is 4.00. The zero-order valence-corrected chi connectivity index (χ0v) is 10.0. The van der Waals surface area contributed by atoms with Gasteiger partial charge in [-0.1, -0.05) is 6.07 Å². The first kappa shape index (κ1) is 11.7. The molecule has 0 spiro atoms. The van der Waals surface area contributed by atoms with Crippen LogP contribution in [-0.2, 0) is 10.3 Å². The average Bonchev–Trinajstić information content (AvgIpc) is 3.10. The molecule has 0 aromatic heterocycles. The summed E-state index contributed by atoms with van der Waals surface area (Å²) < 4.78 is 10.9. The number of ether oxygens (including phenoxy) is 2. The molecule has 1 aromatic carbocycles. The minimum atomic E-state index is -0.473. The van der Waals surface area contributed by atoms with E-state index in [-0.39, 0.29) is 0 Å². The van der Waals surface area contributed by atoms with Gasteiger partial charge in [0.05, 0.1) is 19.3 Å². The lowest BCUT2D eigenvalue weighted by Gasteiger charge is -2.17. The second-order valence-corrected chi connectivity index (χ2v) is 4.00. The summed E-state index contributed by atoms with van der Waals surface area (Å²) in [6, 6.07) is 5.61. The van der Waals surface area contributed by atoms with Crippen LogP contribution in [0, 0.1) is 0 Å². The van der Waals surface area contributed by atoms with Gasteiger partial charge < -0.3 is 9.47 Å². The quantitative estimate of drug-likeness (QED) is 0.579. The van der Waals surface area contributed by atoms with E-state index in [0.29, 0.717) is 12.4 Å². The molecule has 1 aliphatic carbocycles. The number of aliphatic imine (C=N–C) groups is 1. The molecule has 0 N–H and O–H groups in total. The largest absolute Gasteiger partial charge is 0.496 e. The lowest BCUT2D eigenvalue weighted by molar-refractivity contribution is 0.326. The fourth-order valence-electron chi connectivity index (χ4n) is 2.04. The second kappa shape index (κ2) is 4.60. The Balaban J connectivity index is 2.52. The van der Waals surface area contributed by atoms with Gasteiger partial charge in [0, 0.05) is 0 Å². The van der Waals surface area contributed by atoms with Gasteiger partial charge in [0.1, 0.15) is 17.0 Å². The van der Waals surface area contributed by atoms with Crippen molar-refractivity contribution in [2.24, 2.45) is 4.99 Å². The van der Waals surface area contributed by atoms with E-state index in [2.05, 4.69) is 4.99 Å². The molecule has 17 heavy (non-hydrogen) atoms. The number of nitrogens with zero attached hydrogens (tertiary/aromatic N) is 1. The lowest BCUT2D eigenvalue weighted by Crippen LogP contribution is -2.08. The highest BCUT2D eigenvalue weighted by Gasteiger charge is 2.49. The Hall–Kier alpha value is -1.80. The predicted molar refractivity (Wildman–Crippen MR) is 63.2 cm³/mol. The van der Waals surface area contributed by atoms with E-state index in [1.807, 2.05) is 25.1 Å². The normalized spacial score (nSPS) is 15.9. The van der Waals surface area contributed by atoms with Crippen molar-refractivity contribution in [3.05, 3.63) is 23.8 Å². The first-order valence-electron chi connectivity index (χ1n) is 5.66. The monoisotopic (exact) mass is 233 g/mol. The van der Waals surface area contributed by atoms with E-state index in [9.17, 15) is 4.79 Å². The highest BCUT2D eigenvalue weighted by atomic mass is 16.5. The highest BCUT2D eigenvalue weighted by molar-refractivity contribution is 5.54. The van der Waals surface area contributed by atoms with Gasteiger partial charge in [-0.15, -0.1) is 0 Å². The minimum absolute atomic E-state index is 0.473. The molecule has 0 unspecified atom stereocenters. The molecule has 0 aliphatic heterocycles. The van der Waals surface area contributed by atoms with Crippen molar-refractivity contribution in [3.8, 4) is 11.5 Å². The maximum Gasteiger partial charge on any atom is 0.235 e. The highest BCUT2D eigenvalue weighted by Crippen LogP contribution is 2.55. The molecular formula is C13H15NO3. The lowest BCUT2D eigenvalue weighted by atomic mass is 10.0. The molecule has 0 atom stereocenters. The number of methoxy groups -OCH3 is 1. The van der Waals surface area contributed by atoms with Crippen molar-refractivity contribution in [3.63, 3.8) is 0 Å². The van der Waals surface area contributed by atoms with Crippen LogP contribution in [0.2, 0.25) is 0 Å². The van der Waals surface area contributed by atoms with Crippen molar-refractivity contribution in [2.75, 3.05) is 13.7 Å². The molecule has 0 amide bonds. The number of hydrogen-bond donors (Lipinski definition) is 0. The fourth-order valence-corrected chi connectivity index (χ4v) is 2.04. The summed E-state index contributed by atoms with van der Waals surface area (Å²) in [5.74, 6) is 1.45. The van der Waals surface area contributed by atoms with Crippen LogP contribution in [0.25, 0.3) is 0 Å². The first-order chi connectivity index (χ1) is 8.27. The number of hydrogen-bond acceptors (Lipinski definition) is 4. The number of isocyanates is 1. The molecule has 0 radical (unpaired) electrons. The molecule has 4 nitrogen and oxygen atoms in total. The van der Waals surface area contributed by atoms with Crippen molar-refractivity contribution in [1.29, 1.82) is 0 Å². The summed E-state index contributed by atoms with van der Waals surface area (Å²) in [6.45, 7) is 2.49. The van der Waals surface area contributed by atoms with Gasteiger partial charge in [0.2, 0.25) is 6.08 Å². The summed E-state index contributed by atoms with van der Waals surface area (Å²) in [5.41, 5.74) is 0.395. The summed E-state index contributed by atoms with van der Waals surface area (Å²) in [4.78, 5) is 14.5. The molecule has 1 fully saturated rings. The Morgan fingerprint density at radius 1 is 1.41 bits per heavy atom. The van der Waals surface area contributed by atoms with Gasteiger partial charge in [0.25, 0.3) is 0 Å². The molecular weight excluding hydrogens is 218 g/mol. The van der Waals surface area contributed by atoms with Crippen LogP contribution >= 0.6 is 0 Å². The standard InChI is InChI=1S/C13H15NO3/c1-3-17-11-6-4-5-10(16-2)12(11)13(7-8-13)14-9-15/h4-6H,3,7-8H2,1-2H3. The summed E-state index contributed by atoms with van der Waals surface area (Å²) in [6.07, 6.45) is 3.33. The maximum absolute atomic E-state index is 10.5. The van der Waals surface area contributed by atoms with E-state index >= 15 is 0 Å². The molecule has 4 heteroatoms. The molecule has 0 saturated heterocycles. The van der Waals surface area contributed by atoms with Gasteiger partial charge in [0.15, 0.2) is 0 Å². The summed E-state index contributed by atoms with van der Waals surface area (Å²) in [7, 11) is 1.61. The van der Waals surface area contributed by atoms with Gasteiger partial charge >= 0.3 is 0 Å². The zero-order chi connectivity index (χ0) is 12.3. The number of rotatable bonds is 5. The smallest absolute Gasteiger partial charge is 0.235 e. The maximum atomic E-state index is 10.5. The Morgan fingerprint density at radius 3 is 2.65 bits per heavy atom. The van der Waals surface area contributed by atoms with Crippen LogP contribution < -0.4 is 9.47 Å². The minimum Gasteiger partial charge on any atom is -0.496 e. The van der Waals surface area contributed by atoms with Crippen LogP contribution in [0.15, 0.2) is 23.2 Å². The number of carbonyl (C=O) groups excluding carboxylic acids is 1. The average molecular weight is 233 g/mol. The van der Waals surface area contributed by atoms with Crippen LogP contribution in [0.1, 0.15) is 25.3 Å². The third kappa shape index (κ3) is 2.04. The molecule has 1 aromatic rings. The number of benzene rings is 1. The van der Waals surface area contributed by atoms with Gasteiger partial charge in [-0.2, -0.15) is 4.99 Å². The topological polar surface area (TPSA) is 47.9 Å². The van der Waals surface area contributed by atoms with E-state index in [0.717, 1.165) is 24.2 Å². The van der Waals surface area contributed by atoms with Gasteiger partial charge in [-0.05, 0) is 31.9 Å².